The Bertz CT molecular complexity index is 449. The average Bonchev–Trinajstić information content (AvgIpc) is 3.13. The van der Waals surface area contributed by atoms with Crippen LogP contribution in [-0.2, 0) is 0 Å². The van der Waals surface area contributed by atoms with E-state index in [0.717, 1.165) is 31.5 Å². The summed E-state index contributed by atoms with van der Waals surface area (Å²) in [6, 6.07) is 0.491. The fourth-order valence-electron chi connectivity index (χ4n) is 2.98. The van der Waals surface area contributed by atoms with E-state index in [9.17, 15) is 0 Å². The largest absolute Gasteiger partial charge is 0.356 e. The van der Waals surface area contributed by atoms with Crippen molar-refractivity contribution in [3.05, 3.63) is 18.7 Å². The number of aromatic nitrogens is 2. The molecule has 1 saturated carbocycles. The van der Waals surface area contributed by atoms with E-state index in [-0.39, 0.29) is 0 Å². The highest BCUT2D eigenvalue weighted by atomic mass is 15.3. The first-order valence-electron chi connectivity index (χ1n) is 7.71. The fourth-order valence-corrected chi connectivity index (χ4v) is 2.98. The second kappa shape index (κ2) is 5.85. The summed E-state index contributed by atoms with van der Waals surface area (Å²) in [7, 11) is 1.89. The number of rotatable bonds is 3. The molecule has 1 aliphatic carbocycles. The maximum absolute atomic E-state index is 4.46. The fraction of sp³-hybridized carbons (Fsp3) is 0.733. The minimum Gasteiger partial charge on any atom is -0.356 e. The second-order valence-electron chi connectivity index (χ2n) is 6.16. The molecule has 0 aromatic carbocycles. The number of aliphatic imine (C=N–C) groups is 1. The lowest BCUT2D eigenvalue weighted by atomic mass is 9.93. The maximum atomic E-state index is 4.46. The van der Waals surface area contributed by atoms with Crippen molar-refractivity contribution >= 4 is 5.96 Å². The predicted molar refractivity (Wildman–Crippen MR) is 80.7 cm³/mol. The number of nitrogens with zero attached hydrogens (tertiary/aromatic N) is 4. The van der Waals surface area contributed by atoms with Crippen LogP contribution in [0.15, 0.2) is 23.7 Å². The van der Waals surface area contributed by atoms with Crippen molar-refractivity contribution in [2.75, 3.05) is 26.7 Å². The molecule has 110 valence electrons. The molecule has 5 heteroatoms. The number of hydrogen-bond donors (Lipinski definition) is 1. The minimum atomic E-state index is 0.491. The lowest BCUT2D eigenvalue weighted by Crippen LogP contribution is -2.49. The van der Waals surface area contributed by atoms with E-state index in [0.29, 0.717) is 12.0 Å². The van der Waals surface area contributed by atoms with Crippen LogP contribution in [0.25, 0.3) is 0 Å². The van der Waals surface area contributed by atoms with Crippen molar-refractivity contribution in [2.24, 2.45) is 16.8 Å². The van der Waals surface area contributed by atoms with Crippen LogP contribution in [0.5, 0.6) is 0 Å². The Kier molecular flexibility index (Phi) is 3.94. The highest BCUT2D eigenvalue weighted by Crippen LogP contribution is 2.29. The Morgan fingerprint density at radius 3 is 2.90 bits per heavy atom. The normalized spacial score (nSPS) is 27.7. The molecule has 0 amide bonds. The predicted octanol–water partition coefficient (Wildman–Crippen LogP) is 1.75. The molecule has 2 heterocycles. The molecule has 0 radical (unpaired) electrons. The van der Waals surface area contributed by atoms with E-state index in [1.54, 1.807) is 0 Å². The van der Waals surface area contributed by atoms with Gasteiger partial charge in [-0.25, -0.2) is 4.98 Å². The first kappa shape index (κ1) is 13.5. The molecule has 2 fully saturated rings. The number of imidazole rings is 1. The minimum absolute atomic E-state index is 0.491. The molecule has 2 aliphatic rings. The van der Waals surface area contributed by atoms with E-state index >= 15 is 0 Å². The zero-order valence-corrected chi connectivity index (χ0v) is 12.5. The first-order chi connectivity index (χ1) is 9.78. The van der Waals surface area contributed by atoms with Crippen LogP contribution >= 0.6 is 0 Å². The molecule has 3 rings (SSSR count). The molecule has 1 aliphatic heterocycles. The SMILES string of the molecule is CN=C(NCC1CC1)N1CCC(C)C(n2ccnc2)C1. The van der Waals surface area contributed by atoms with Gasteiger partial charge >= 0.3 is 0 Å². The van der Waals surface area contributed by atoms with Crippen LogP contribution in [0.4, 0.5) is 0 Å². The van der Waals surface area contributed by atoms with Gasteiger partial charge in [0.25, 0.3) is 0 Å². The summed E-state index contributed by atoms with van der Waals surface area (Å²) in [4.78, 5) is 11.0. The quantitative estimate of drug-likeness (QED) is 0.675. The van der Waals surface area contributed by atoms with Gasteiger partial charge in [0.1, 0.15) is 0 Å². The Morgan fingerprint density at radius 1 is 1.40 bits per heavy atom. The zero-order valence-electron chi connectivity index (χ0n) is 12.5. The molecule has 1 aromatic heterocycles. The van der Waals surface area contributed by atoms with Crippen molar-refractivity contribution in [2.45, 2.75) is 32.2 Å². The Labute approximate surface area is 121 Å². The number of guanidine groups is 1. The highest BCUT2D eigenvalue weighted by Gasteiger charge is 2.29. The van der Waals surface area contributed by atoms with Gasteiger partial charge in [-0.15, -0.1) is 0 Å². The average molecular weight is 275 g/mol. The molecule has 2 atom stereocenters. The van der Waals surface area contributed by atoms with E-state index < -0.39 is 0 Å². The lowest BCUT2D eigenvalue weighted by Gasteiger charge is -2.39. The van der Waals surface area contributed by atoms with Crippen molar-refractivity contribution in [1.82, 2.24) is 19.8 Å². The lowest BCUT2D eigenvalue weighted by molar-refractivity contribution is 0.189. The molecule has 1 saturated heterocycles. The molecule has 20 heavy (non-hydrogen) atoms. The molecule has 1 N–H and O–H groups in total. The summed E-state index contributed by atoms with van der Waals surface area (Å²) in [5.74, 6) is 2.62. The number of piperidine rings is 1. The Hall–Kier alpha value is -1.52. The molecule has 1 aromatic rings. The molecule has 2 unspecified atom stereocenters. The van der Waals surface area contributed by atoms with Gasteiger partial charge in [-0.3, -0.25) is 4.99 Å². The first-order valence-corrected chi connectivity index (χ1v) is 7.71. The van der Waals surface area contributed by atoms with Crippen LogP contribution in [0.1, 0.15) is 32.2 Å². The van der Waals surface area contributed by atoms with E-state index in [2.05, 4.69) is 37.9 Å². The van der Waals surface area contributed by atoms with Crippen LogP contribution in [-0.4, -0.2) is 47.1 Å². The monoisotopic (exact) mass is 275 g/mol. The molecular formula is C15H25N5. The summed E-state index contributed by atoms with van der Waals surface area (Å²) in [5.41, 5.74) is 0. The van der Waals surface area contributed by atoms with Crippen LogP contribution in [0.2, 0.25) is 0 Å². The van der Waals surface area contributed by atoms with E-state index in [4.69, 9.17) is 0 Å². The van der Waals surface area contributed by atoms with Gasteiger partial charge in [-0.1, -0.05) is 6.92 Å². The van der Waals surface area contributed by atoms with Crippen LogP contribution < -0.4 is 5.32 Å². The van der Waals surface area contributed by atoms with Crippen molar-refractivity contribution in [1.29, 1.82) is 0 Å². The number of hydrogen-bond acceptors (Lipinski definition) is 2. The maximum Gasteiger partial charge on any atom is 0.193 e. The van der Waals surface area contributed by atoms with E-state index in [1.165, 1.54) is 19.3 Å². The van der Waals surface area contributed by atoms with Crippen LogP contribution in [0.3, 0.4) is 0 Å². The standard InChI is InChI=1S/C15H25N5/c1-12-5-7-19(10-14(12)20-8-6-17-11-20)15(16-2)18-9-13-3-4-13/h6,8,11-14H,3-5,7,9-10H2,1-2H3,(H,16,18). The second-order valence-corrected chi connectivity index (χ2v) is 6.16. The molecule has 0 spiro atoms. The van der Waals surface area contributed by atoms with Crippen LogP contribution in [0, 0.1) is 11.8 Å². The summed E-state index contributed by atoms with van der Waals surface area (Å²) < 4.78 is 2.24. The number of nitrogens with one attached hydrogen (secondary N) is 1. The third-order valence-electron chi connectivity index (χ3n) is 4.58. The van der Waals surface area contributed by atoms with Gasteiger partial charge in [0.2, 0.25) is 0 Å². The summed E-state index contributed by atoms with van der Waals surface area (Å²) in [6.45, 7) is 5.52. The van der Waals surface area contributed by atoms with Gasteiger partial charge in [-0.05, 0) is 31.1 Å². The van der Waals surface area contributed by atoms with Gasteiger partial charge in [0.15, 0.2) is 5.96 Å². The highest BCUT2D eigenvalue weighted by molar-refractivity contribution is 5.80. The van der Waals surface area contributed by atoms with Crippen molar-refractivity contribution in [3.8, 4) is 0 Å². The third-order valence-corrected chi connectivity index (χ3v) is 4.58. The summed E-state index contributed by atoms with van der Waals surface area (Å²) >= 11 is 0. The molecular weight excluding hydrogens is 250 g/mol. The summed E-state index contributed by atoms with van der Waals surface area (Å²) in [6.07, 6.45) is 9.83. The van der Waals surface area contributed by atoms with E-state index in [1.807, 2.05) is 19.6 Å². The Balaban J connectivity index is 1.64. The van der Waals surface area contributed by atoms with Gasteiger partial charge in [0.05, 0.1) is 12.4 Å². The van der Waals surface area contributed by atoms with Gasteiger partial charge in [0, 0.05) is 39.1 Å². The van der Waals surface area contributed by atoms with Crippen molar-refractivity contribution < 1.29 is 0 Å². The van der Waals surface area contributed by atoms with Gasteiger partial charge in [-0.2, -0.15) is 0 Å². The zero-order chi connectivity index (χ0) is 13.9. The van der Waals surface area contributed by atoms with Gasteiger partial charge < -0.3 is 14.8 Å². The third kappa shape index (κ3) is 2.97. The number of likely N-dealkylation sites (tertiary alicyclic amines) is 1. The molecule has 5 nitrogen and oxygen atoms in total. The smallest absolute Gasteiger partial charge is 0.193 e. The molecule has 0 bridgehead atoms. The summed E-state index contributed by atoms with van der Waals surface area (Å²) in [5, 5.41) is 3.53. The van der Waals surface area contributed by atoms with Crippen molar-refractivity contribution in [3.63, 3.8) is 0 Å². The Morgan fingerprint density at radius 2 is 2.25 bits per heavy atom. The topological polar surface area (TPSA) is 45.5 Å².